The van der Waals surface area contributed by atoms with E-state index < -0.39 is 10.0 Å². The van der Waals surface area contributed by atoms with Crippen molar-refractivity contribution >= 4 is 56.0 Å². The van der Waals surface area contributed by atoms with Crippen LogP contribution < -0.4 is 10.2 Å². The molecule has 0 spiro atoms. The first-order chi connectivity index (χ1) is 14.4. The number of anilines is 1. The molecule has 1 aromatic carbocycles. The molecule has 1 fully saturated rings. The molecule has 156 valence electrons. The highest BCUT2D eigenvalue weighted by molar-refractivity contribution is 7.91. The Kier molecular flexibility index (Phi) is 5.71. The lowest BCUT2D eigenvalue weighted by Gasteiger charge is -2.32. The minimum atomic E-state index is -3.56. The number of thiophene rings is 1. The number of rotatable bonds is 5. The number of fused-ring (bicyclic) bond motifs is 1. The van der Waals surface area contributed by atoms with Crippen LogP contribution >= 0.6 is 22.9 Å². The van der Waals surface area contributed by atoms with Crippen molar-refractivity contribution in [2.45, 2.75) is 4.21 Å². The Hall–Kier alpha value is -2.58. The Labute approximate surface area is 182 Å². The van der Waals surface area contributed by atoms with Crippen LogP contribution in [0.15, 0.2) is 39.0 Å². The van der Waals surface area contributed by atoms with Crippen LogP contribution in [0.5, 0.6) is 0 Å². The van der Waals surface area contributed by atoms with Crippen molar-refractivity contribution in [2.24, 2.45) is 0 Å². The van der Waals surface area contributed by atoms with E-state index in [1.807, 2.05) is 4.90 Å². The predicted octanol–water partition coefficient (Wildman–Crippen LogP) is 2.42. The second kappa shape index (κ2) is 8.28. The molecule has 0 unspecified atom stereocenters. The minimum Gasteiger partial charge on any atom is -0.423 e. The standard InChI is InChI=1S/C19H17ClN4O4S2/c1-2-7-21-18(25)13-3-4-15-14(12-13)22-19(28-15)23-8-10-24(11-9-23)30(26,27)17-6-5-16(20)29-17/h1,3-6,12H,7-11H2,(H,21,25). The molecule has 2 aromatic heterocycles. The maximum Gasteiger partial charge on any atom is 0.298 e. The van der Waals surface area contributed by atoms with E-state index in [4.69, 9.17) is 22.4 Å². The van der Waals surface area contributed by atoms with Crippen LogP contribution in [0.1, 0.15) is 10.4 Å². The Morgan fingerprint density at radius 1 is 1.27 bits per heavy atom. The minimum absolute atomic E-state index is 0.145. The van der Waals surface area contributed by atoms with E-state index in [-0.39, 0.29) is 16.7 Å². The molecule has 0 aliphatic carbocycles. The molecule has 1 N–H and O–H groups in total. The lowest BCUT2D eigenvalue weighted by Crippen LogP contribution is -2.48. The number of nitrogens with one attached hydrogen (secondary N) is 1. The molecule has 30 heavy (non-hydrogen) atoms. The first-order valence-electron chi connectivity index (χ1n) is 9.01. The highest BCUT2D eigenvalue weighted by Crippen LogP contribution is 2.29. The van der Waals surface area contributed by atoms with Gasteiger partial charge in [0.25, 0.3) is 21.9 Å². The molecule has 0 bridgehead atoms. The second-order valence-electron chi connectivity index (χ2n) is 6.52. The van der Waals surface area contributed by atoms with E-state index in [0.717, 1.165) is 11.3 Å². The lowest BCUT2D eigenvalue weighted by atomic mass is 10.2. The summed E-state index contributed by atoms with van der Waals surface area (Å²) in [5.74, 6) is 2.07. The monoisotopic (exact) mass is 464 g/mol. The number of hydrogen-bond acceptors (Lipinski definition) is 7. The lowest BCUT2D eigenvalue weighted by molar-refractivity contribution is 0.0959. The molecule has 0 atom stereocenters. The first kappa shape index (κ1) is 20.7. The molecule has 0 saturated carbocycles. The van der Waals surface area contributed by atoms with Gasteiger partial charge in [-0.15, -0.1) is 17.8 Å². The zero-order valence-corrected chi connectivity index (χ0v) is 18.1. The normalized spacial score (nSPS) is 15.3. The van der Waals surface area contributed by atoms with E-state index in [9.17, 15) is 13.2 Å². The fraction of sp³-hybridized carbons (Fsp3) is 0.263. The highest BCUT2D eigenvalue weighted by Gasteiger charge is 2.31. The maximum atomic E-state index is 12.7. The summed E-state index contributed by atoms with van der Waals surface area (Å²) >= 11 is 6.92. The average molecular weight is 465 g/mol. The molecule has 4 rings (SSSR count). The average Bonchev–Trinajstić information content (AvgIpc) is 3.38. The van der Waals surface area contributed by atoms with Crippen molar-refractivity contribution in [2.75, 3.05) is 37.6 Å². The van der Waals surface area contributed by atoms with Gasteiger partial charge in [-0.25, -0.2) is 8.42 Å². The Bertz CT molecular complexity index is 1240. The zero-order chi connectivity index (χ0) is 21.3. The SMILES string of the molecule is C#CCNC(=O)c1ccc2oc(N3CCN(S(=O)(=O)c4ccc(Cl)s4)CC3)nc2c1. The molecule has 1 aliphatic rings. The number of hydrogen-bond donors (Lipinski definition) is 1. The van der Waals surface area contributed by atoms with E-state index >= 15 is 0 Å². The van der Waals surface area contributed by atoms with Crippen LogP contribution in [0.2, 0.25) is 4.34 Å². The number of carbonyl (C=O) groups excluding carboxylic acids is 1. The molecular weight excluding hydrogens is 448 g/mol. The maximum absolute atomic E-state index is 12.7. The van der Waals surface area contributed by atoms with Crippen LogP contribution in [0.25, 0.3) is 11.1 Å². The highest BCUT2D eigenvalue weighted by atomic mass is 35.5. The van der Waals surface area contributed by atoms with Gasteiger partial charge >= 0.3 is 0 Å². The van der Waals surface area contributed by atoms with Crippen molar-refractivity contribution in [3.05, 3.63) is 40.2 Å². The zero-order valence-electron chi connectivity index (χ0n) is 15.7. The van der Waals surface area contributed by atoms with Gasteiger partial charge in [0.2, 0.25) is 0 Å². The van der Waals surface area contributed by atoms with Gasteiger partial charge < -0.3 is 14.6 Å². The number of carbonyl (C=O) groups is 1. The third-order valence-corrected chi connectivity index (χ3v) is 8.24. The van der Waals surface area contributed by atoms with Crippen molar-refractivity contribution in [1.82, 2.24) is 14.6 Å². The van der Waals surface area contributed by atoms with Gasteiger partial charge in [-0.3, -0.25) is 4.79 Å². The summed E-state index contributed by atoms with van der Waals surface area (Å²) in [4.78, 5) is 18.4. The number of benzene rings is 1. The number of aromatic nitrogens is 1. The molecule has 3 heterocycles. The molecule has 0 radical (unpaired) electrons. The smallest absolute Gasteiger partial charge is 0.298 e. The molecule has 3 aromatic rings. The first-order valence-corrected chi connectivity index (χ1v) is 11.6. The number of nitrogens with zero attached hydrogens (tertiary/aromatic N) is 3. The van der Waals surface area contributed by atoms with Crippen molar-refractivity contribution in [1.29, 1.82) is 0 Å². The second-order valence-corrected chi connectivity index (χ2v) is 10.4. The van der Waals surface area contributed by atoms with Crippen LogP contribution in [0, 0.1) is 12.3 Å². The van der Waals surface area contributed by atoms with Crippen molar-refractivity contribution < 1.29 is 17.6 Å². The van der Waals surface area contributed by atoms with Gasteiger partial charge in [0.05, 0.1) is 10.9 Å². The van der Waals surface area contributed by atoms with Crippen LogP contribution in [-0.4, -0.2) is 56.3 Å². The number of terminal acetylenes is 1. The van der Waals surface area contributed by atoms with Crippen molar-refractivity contribution in [3.8, 4) is 12.3 Å². The summed E-state index contributed by atoms with van der Waals surface area (Å²) < 4.78 is 33.4. The van der Waals surface area contributed by atoms with Gasteiger partial charge in [0.1, 0.15) is 9.73 Å². The number of piperazine rings is 1. The largest absolute Gasteiger partial charge is 0.423 e. The van der Waals surface area contributed by atoms with Crippen LogP contribution in [-0.2, 0) is 10.0 Å². The van der Waals surface area contributed by atoms with Crippen molar-refractivity contribution in [3.63, 3.8) is 0 Å². The Morgan fingerprint density at radius 2 is 2.03 bits per heavy atom. The molecule has 11 heteroatoms. The summed E-state index contributed by atoms with van der Waals surface area (Å²) in [6.45, 7) is 1.61. The van der Waals surface area contributed by atoms with Gasteiger partial charge in [0.15, 0.2) is 5.58 Å². The van der Waals surface area contributed by atoms with Crippen LogP contribution in [0.4, 0.5) is 6.01 Å². The molecule has 1 aliphatic heterocycles. The number of sulfonamides is 1. The fourth-order valence-electron chi connectivity index (χ4n) is 3.11. The van der Waals surface area contributed by atoms with E-state index in [2.05, 4.69) is 16.2 Å². The number of oxazole rings is 1. The number of halogens is 1. The van der Waals surface area contributed by atoms with Gasteiger partial charge in [0, 0.05) is 31.7 Å². The molecule has 1 amide bonds. The third-order valence-electron chi connectivity index (χ3n) is 4.64. The van der Waals surface area contributed by atoms with Crippen LogP contribution in [0.3, 0.4) is 0 Å². The summed E-state index contributed by atoms with van der Waals surface area (Å²) in [6.07, 6.45) is 5.16. The Morgan fingerprint density at radius 3 is 2.70 bits per heavy atom. The van der Waals surface area contributed by atoms with Gasteiger partial charge in [-0.1, -0.05) is 17.5 Å². The summed E-state index contributed by atoms with van der Waals surface area (Å²) in [5.41, 5.74) is 1.52. The topological polar surface area (TPSA) is 95.8 Å². The van der Waals surface area contributed by atoms with E-state index in [1.54, 1.807) is 24.3 Å². The third kappa shape index (κ3) is 4.02. The molecular formula is C19H17ClN4O4S2. The van der Waals surface area contributed by atoms with Gasteiger partial charge in [-0.05, 0) is 30.3 Å². The quantitative estimate of drug-likeness (QED) is 0.582. The van der Waals surface area contributed by atoms with E-state index in [0.29, 0.717) is 53.2 Å². The fourth-order valence-corrected chi connectivity index (χ4v) is 6.17. The Balaban J connectivity index is 1.47. The summed E-state index contributed by atoms with van der Waals surface area (Å²) in [7, 11) is -3.56. The predicted molar refractivity (Wildman–Crippen MR) is 115 cm³/mol. The van der Waals surface area contributed by atoms with Gasteiger partial charge in [-0.2, -0.15) is 9.29 Å². The summed E-state index contributed by atoms with van der Waals surface area (Å²) in [5, 5.41) is 2.60. The molecule has 1 saturated heterocycles. The molecule has 8 nitrogen and oxygen atoms in total. The summed E-state index contributed by atoms with van der Waals surface area (Å²) in [6, 6.07) is 8.44. The van der Waals surface area contributed by atoms with E-state index in [1.165, 1.54) is 10.4 Å². The number of amides is 1.